The molecule has 1 rings (SSSR count). The van der Waals surface area contributed by atoms with E-state index in [4.69, 9.17) is 16.3 Å². The third-order valence-corrected chi connectivity index (χ3v) is 3.36. The smallest absolute Gasteiger partial charge is 0.408 e. The number of hydrogen-bond acceptors (Lipinski definition) is 4. The van der Waals surface area contributed by atoms with Gasteiger partial charge in [-0.1, -0.05) is 11.6 Å². The van der Waals surface area contributed by atoms with Crippen LogP contribution in [-0.4, -0.2) is 30.4 Å². The monoisotopic (exact) mass is 378 g/mol. The van der Waals surface area contributed by atoms with E-state index in [1.165, 1.54) is 12.1 Å². The number of rotatable bonds is 7. The van der Waals surface area contributed by atoms with Gasteiger partial charge < -0.3 is 20.1 Å². The Bertz CT molecular complexity index is 590. The third kappa shape index (κ3) is 8.77. The highest BCUT2D eigenvalue weighted by atomic mass is 35.5. The molecule has 0 aliphatic rings. The van der Waals surface area contributed by atoms with Gasteiger partial charge in [-0.15, -0.1) is 0 Å². The van der Waals surface area contributed by atoms with Gasteiger partial charge in [-0.3, -0.25) is 0 Å². The van der Waals surface area contributed by atoms with E-state index in [2.05, 4.69) is 15.4 Å². The van der Waals surface area contributed by atoms with Gasteiger partial charge in [0.15, 0.2) is 0 Å². The summed E-state index contributed by atoms with van der Waals surface area (Å²) in [7, 11) is 0. The molecule has 0 saturated carbocycles. The number of carbonyl (C=O) groups is 1. The van der Waals surface area contributed by atoms with Gasteiger partial charge in [0.2, 0.25) is 0 Å². The maximum absolute atomic E-state index is 12.2. The van der Waals surface area contributed by atoms with Crippen LogP contribution in [0, 0.1) is 0 Å². The van der Waals surface area contributed by atoms with Gasteiger partial charge in [-0.25, -0.2) is 4.79 Å². The molecule has 0 aromatic heterocycles. The zero-order chi connectivity index (χ0) is 19.3. The lowest BCUT2D eigenvalue weighted by molar-refractivity contribution is -0.0497. The standard InChI is InChI=1S/C17H25ClF2N2O3/c1-16(2,3)25-15(23)22-17(4,5)8-9-21-11-6-7-13(12(18)10-11)24-14(19)20/h6-7,10,14,21H,8-9H2,1-5H3,(H,22,23). The number of nitrogens with one attached hydrogen (secondary N) is 2. The quantitative estimate of drug-likeness (QED) is 0.697. The zero-order valence-corrected chi connectivity index (χ0v) is 15.8. The molecule has 0 atom stereocenters. The maximum Gasteiger partial charge on any atom is 0.408 e. The highest BCUT2D eigenvalue weighted by Gasteiger charge is 2.24. The summed E-state index contributed by atoms with van der Waals surface area (Å²) in [5.41, 5.74) is -0.380. The fourth-order valence-corrected chi connectivity index (χ4v) is 2.19. The van der Waals surface area contributed by atoms with Crippen LogP contribution in [0.25, 0.3) is 0 Å². The van der Waals surface area contributed by atoms with E-state index in [0.29, 0.717) is 18.7 Å². The highest BCUT2D eigenvalue weighted by molar-refractivity contribution is 6.32. The highest BCUT2D eigenvalue weighted by Crippen LogP contribution is 2.29. The topological polar surface area (TPSA) is 59.6 Å². The molecule has 0 radical (unpaired) electrons. The molecule has 0 saturated heterocycles. The minimum atomic E-state index is -2.92. The van der Waals surface area contributed by atoms with Crippen LogP contribution in [0.1, 0.15) is 41.0 Å². The van der Waals surface area contributed by atoms with Crippen molar-refractivity contribution in [3.63, 3.8) is 0 Å². The number of hydrogen-bond donors (Lipinski definition) is 2. The van der Waals surface area contributed by atoms with Crippen molar-refractivity contribution in [2.24, 2.45) is 0 Å². The molecule has 142 valence electrons. The van der Waals surface area contributed by atoms with Crippen LogP contribution in [0.4, 0.5) is 19.3 Å². The molecule has 5 nitrogen and oxygen atoms in total. The van der Waals surface area contributed by atoms with Crippen LogP contribution in [0.5, 0.6) is 5.75 Å². The van der Waals surface area contributed by atoms with Gasteiger partial charge >= 0.3 is 12.7 Å². The Morgan fingerprint density at radius 3 is 2.40 bits per heavy atom. The minimum absolute atomic E-state index is 0.0749. The predicted octanol–water partition coefficient (Wildman–Crippen LogP) is 5.05. The Balaban J connectivity index is 2.50. The second-order valence-corrected chi connectivity index (χ2v) is 7.62. The van der Waals surface area contributed by atoms with E-state index in [9.17, 15) is 13.6 Å². The van der Waals surface area contributed by atoms with Crippen LogP contribution in [-0.2, 0) is 4.74 Å². The lowest BCUT2D eigenvalue weighted by atomic mass is 10.0. The number of benzene rings is 1. The van der Waals surface area contributed by atoms with Gasteiger partial charge in [-0.05, 0) is 59.2 Å². The Morgan fingerprint density at radius 2 is 1.88 bits per heavy atom. The van der Waals surface area contributed by atoms with E-state index in [1.54, 1.807) is 26.8 Å². The van der Waals surface area contributed by atoms with Crippen molar-refractivity contribution < 1.29 is 23.0 Å². The van der Waals surface area contributed by atoms with E-state index < -0.39 is 23.8 Å². The third-order valence-electron chi connectivity index (χ3n) is 3.07. The first kappa shape index (κ1) is 21.3. The summed E-state index contributed by atoms with van der Waals surface area (Å²) in [4.78, 5) is 11.8. The van der Waals surface area contributed by atoms with Crippen LogP contribution in [0.15, 0.2) is 18.2 Å². The molecule has 0 aliphatic carbocycles. The van der Waals surface area contributed by atoms with Crippen LogP contribution >= 0.6 is 11.6 Å². The van der Waals surface area contributed by atoms with Gasteiger partial charge in [0.25, 0.3) is 0 Å². The summed E-state index contributed by atoms with van der Waals surface area (Å²) in [5, 5.41) is 6.03. The SMILES string of the molecule is CC(C)(CCNc1ccc(OC(F)F)c(Cl)c1)NC(=O)OC(C)(C)C. The second-order valence-electron chi connectivity index (χ2n) is 7.21. The fourth-order valence-electron chi connectivity index (χ4n) is 1.96. The van der Waals surface area contributed by atoms with Gasteiger partial charge in [0.05, 0.1) is 5.02 Å². The summed E-state index contributed by atoms with van der Waals surface area (Å²) in [6.45, 7) is 6.77. The number of amides is 1. The molecule has 2 N–H and O–H groups in total. The summed E-state index contributed by atoms with van der Waals surface area (Å²) >= 11 is 5.90. The summed E-state index contributed by atoms with van der Waals surface area (Å²) in [5.74, 6) is -0.0749. The molecule has 1 amide bonds. The van der Waals surface area contributed by atoms with Gasteiger partial charge in [0.1, 0.15) is 11.4 Å². The largest absolute Gasteiger partial charge is 0.444 e. The normalized spacial score (nSPS) is 12.0. The number of anilines is 1. The number of ether oxygens (including phenoxy) is 2. The summed E-state index contributed by atoms with van der Waals surface area (Å²) in [6, 6.07) is 4.48. The van der Waals surface area contributed by atoms with Crippen molar-refractivity contribution >= 4 is 23.4 Å². The second kappa shape index (κ2) is 8.56. The Labute approximate surface area is 152 Å². The molecule has 0 heterocycles. The molecule has 1 aromatic rings. The van der Waals surface area contributed by atoms with Crippen molar-refractivity contribution in [3.8, 4) is 5.75 Å². The molecule has 0 unspecified atom stereocenters. The van der Waals surface area contributed by atoms with E-state index in [0.717, 1.165) is 0 Å². The van der Waals surface area contributed by atoms with E-state index >= 15 is 0 Å². The first-order chi connectivity index (χ1) is 11.4. The predicted molar refractivity (Wildman–Crippen MR) is 94.6 cm³/mol. The first-order valence-corrected chi connectivity index (χ1v) is 8.25. The van der Waals surface area contributed by atoms with Crippen molar-refractivity contribution in [2.75, 3.05) is 11.9 Å². The molecule has 0 spiro atoms. The number of carbonyl (C=O) groups excluding carboxylic acids is 1. The molecule has 1 aromatic carbocycles. The van der Waals surface area contributed by atoms with Crippen molar-refractivity contribution in [3.05, 3.63) is 23.2 Å². The van der Waals surface area contributed by atoms with E-state index in [-0.39, 0.29) is 10.8 Å². The lowest BCUT2D eigenvalue weighted by Crippen LogP contribution is -2.46. The van der Waals surface area contributed by atoms with Gasteiger partial charge in [0, 0.05) is 17.8 Å². The Hall–Kier alpha value is -1.76. The average Bonchev–Trinajstić information content (AvgIpc) is 2.38. The molecular weight excluding hydrogens is 354 g/mol. The van der Waals surface area contributed by atoms with Crippen molar-refractivity contribution in [2.45, 2.75) is 58.8 Å². The van der Waals surface area contributed by atoms with Crippen LogP contribution < -0.4 is 15.4 Å². The molecule has 25 heavy (non-hydrogen) atoms. The van der Waals surface area contributed by atoms with Crippen LogP contribution in [0.3, 0.4) is 0 Å². The van der Waals surface area contributed by atoms with E-state index in [1.807, 2.05) is 13.8 Å². The Morgan fingerprint density at radius 1 is 1.24 bits per heavy atom. The molecule has 0 aliphatic heterocycles. The number of alkyl halides is 2. The maximum atomic E-state index is 12.2. The summed E-state index contributed by atoms with van der Waals surface area (Å²) in [6.07, 6.45) is 0.133. The van der Waals surface area contributed by atoms with Crippen molar-refractivity contribution in [1.29, 1.82) is 0 Å². The van der Waals surface area contributed by atoms with Gasteiger partial charge in [-0.2, -0.15) is 8.78 Å². The molecular formula is C17H25ClF2N2O3. The number of halogens is 3. The number of alkyl carbamates (subject to hydrolysis) is 1. The summed E-state index contributed by atoms with van der Waals surface area (Å²) < 4.78 is 33.9. The minimum Gasteiger partial charge on any atom is -0.444 e. The first-order valence-electron chi connectivity index (χ1n) is 7.87. The average molecular weight is 379 g/mol. The molecule has 0 fully saturated rings. The van der Waals surface area contributed by atoms with Crippen molar-refractivity contribution in [1.82, 2.24) is 5.32 Å². The van der Waals surface area contributed by atoms with Crippen LogP contribution in [0.2, 0.25) is 5.02 Å². The zero-order valence-electron chi connectivity index (χ0n) is 15.1. The molecule has 0 bridgehead atoms. The molecule has 8 heteroatoms. The fraction of sp³-hybridized carbons (Fsp3) is 0.588. The lowest BCUT2D eigenvalue weighted by Gasteiger charge is -2.28. The Kier molecular flexibility index (Phi) is 7.29.